The van der Waals surface area contributed by atoms with Gasteiger partial charge in [-0.2, -0.15) is 0 Å². The summed E-state index contributed by atoms with van der Waals surface area (Å²) in [4.78, 5) is 0. The first-order valence-corrected chi connectivity index (χ1v) is 7.66. The first-order chi connectivity index (χ1) is 8.66. The van der Waals surface area contributed by atoms with Crippen molar-refractivity contribution in [3.8, 4) is 0 Å². The number of hydrogen-bond acceptors (Lipinski definition) is 1. The van der Waals surface area contributed by atoms with Crippen LogP contribution in [-0.4, -0.2) is 13.1 Å². The van der Waals surface area contributed by atoms with Gasteiger partial charge in [-0.25, -0.2) is 0 Å². The van der Waals surface area contributed by atoms with E-state index in [2.05, 4.69) is 45.2 Å². The Morgan fingerprint density at radius 1 is 0.944 bits per heavy atom. The highest BCUT2D eigenvalue weighted by atomic mass is 14.8. The van der Waals surface area contributed by atoms with Gasteiger partial charge in [0.2, 0.25) is 0 Å². The minimum atomic E-state index is 1.04. The zero-order chi connectivity index (χ0) is 13.6. The van der Waals surface area contributed by atoms with Gasteiger partial charge in [-0.05, 0) is 46.6 Å². The van der Waals surface area contributed by atoms with Crippen molar-refractivity contribution in [2.24, 2.45) is 0 Å². The third-order valence-electron chi connectivity index (χ3n) is 3.14. The van der Waals surface area contributed by atoms with Crippen LogP contribution in [0.25, 0.3) is 0 Å². The van der Waals surface area contributed by atoms with Crippen molar-refractivity contribution < 1.29 is 0 Å². The Kier molecular flexibility index (Phi) is 12.5. The van der Waals surface area contributed by atoms with Gasteiger partial charge < -0.3 is 5.32 Å². The molecule has 0 heterocycles. The third kappa shape index (κ3) is 13.5. The monoisotopic (exact) mass is 251 g/mol. The summed E-state index contributed by atoms with van der Waals surface area (Å²) in [5, 5.41) is 3.50. The van der Waals surface area contributed by atoms with Crippen LogP contribution in [0.5, 0.6) is 0 Å². The zero-order valence-electron chi connectivity index (χ0n) is 13.0. The van der Waals surface area contributed by atoms with Crippen molar-refractivity contribution >= 4 is 0 Å². The lowest BCUT2D eigenvalue weighted by molar-refractivity contribution is 0.600. The maximum Gasteiger partial charge on any atom is 0.0137 e. The molecule has 0 saturated heterocycles. The summed E-state index contributed by atoms with van der Waals surface area (Å²) in [7, 11) is 0. The second kappa shape index (κ2) is 12.9. The van der Waals surface area contributed by atoms with Crippen molar-refractivity contribution in [2.45, 2.75) is 72.6 Å². The van der Waals surface area contributed by atoms with Crippen molar-refractivity contribution in [1.82, 2.24) is 5.32 Å². The van der Waals surface area contributed by atoms with E-state index in [9.17, 15) is 0 Å². The maximum atomic E-state index is 3.50. The molecule has 0 radical (unpaired) electrons. The fourth-order valence-electron chi connectivity index (χ4n) is 1.89. The number of nitrogens with one attached hydrogen (secondary N) is 1. The standard InChI is InChI=1S/C17H33N/c1-5-6-7-8-9-14-18-15-13-17(4)12-10-11-16(2)3/h11,13,18H,5-10,12,14-15H2,1-4H3/b17-13+. The predicted molar refractivity (Wildman–Crippen MR) is 84.1 cm³/mol. The summed E-state index contributed by atoms with van der Waals surface area (Å²) in [6.45, 7) is 11.0. The van der Waals surface area contributed by atoms with Crippen LogP contribution in [0.15, 0.2) is 23.3 Å². The van der Waals surface area contributed by atoms with Crippen LogP contribution >= 0.6 is 0 Å². The molecule has 0 aliphatic heterocycles. The van der Waals surface area contributed by atoms with Crippen LogP contribution < -0.4 is 5.32 Å². The average molecular weight is 251 g/mol. The molecule has 0 fully saturated rings. The van der Waals surface area contributed by atoms with Gasteiger partial charge in [0.1, 0.15) is 0 Å². The first-order valence-electron chi connectivity index (χ1n) is 7.66. The van der Waals surface area contributed by atoms with E-state index < -0.39 is 0 Å². The number of hydrogen-bond donors (Lipinski definition) is 1. The molecule has 0 bridgehead atoms. The maximum absolute atomic E-state index is 3.50. The molecule has 0 aromatic rings. The quantitative estimate of drug-likeness (QED) is 0.391. The van der Waals surface area contributed by atoms with E-state index >= 15 is 0 Å². The minimum Gasteiger partial charge on any atom is -0.313 e. The molecule has 1 nitrogen and oxygen atoms in total. The smallest absolute Gasteiger partial charge is 0.0137 e. The number of unbranched alkanes of at least 4 members (excludes halogenated alkanes) is 4. The van der Waals surface area contributed by atoms with Crippen LogP contribution in [0, 0.1) is 0 Å². The molecule has 0 aliphatic rings. The van der Waals surface area contributed by atoms with Crippen molar-refractivity contribution in [1.29, 1.82) is 0 Å². The molecule has 0 aliphatic carbocycles. The predicted octanol–water partition coefficient (Wildman–Crippen LogP) is 5.24. The average Bonchev–Trinajstić information content (AvgIpc) is 2.32. The Labute approximate surface area is 115 Å². The van der Waals surface area contributed by atoms with Gasteiger partial charge in [-0.15, -0.1) is 0 Å². The molecular weight excluding hydrogens is 218 g/mol. The molecule has 0 atom stereocenters. The largest absolute Gasteiger partial charge is 0.313 e. The molecule has 0 amide bonds. The Morgan fingerprint density at radius 3 is 2.33 bits per heavy atom. The normalized spacial score (nSPS) is 11.7. The molecule has 18 heavy (non-hydrogen) atoms. The Bertz CT molecular complexity index is 234. The highest BCUT2D eigenvalue weighted by Crippen LogP contribution is 2.06. The lowest BCUT2D eigenvalue weighted by Gasteiger charge is -2.03. The van der Waals surface area contributed by atoms with Gasteiger partial charge in [-0.3, -0.25) is 0 Å². The summed E-state index contributed by atoms with van der Waals surface area (Å²) in [6, 6.07) is 0. The summed E-state index contributed by atoms with van der Waals surface area (Å²) in [5.74, 6) is 0. The van der Waals surface area contributed by atoms with Gasteiger partial charge >= 0.3 is 0 Å². The van der Waals surface area contributed by atoms with E-state index in [0.29, 0.717) is 0 Å². The topological polar surface area (TPSA) is 12.0 Å². The van der Waals surface area contributed by atoms with Gasteiger partial charge in [0.25, 0.3) is 0 Å². The van der Waals surface area contributed by atoms with E-state index in [4.69, 9.17) is 0 Å². The van der Waals surface area contributed by atoms with Crippen molar-refractivity contribution in [2.75, 3.05) is 13.1 Å². The van der Waals surface area contributed by atoms with Crippen molar-refractivity contribution in [3.63, 3.8) is 0 Å². The fraction of sp³-hybridized carbons (Fsp3) is 0.765. The summed E-state index contributed by atoms with van der Waals surface area (Å²) >= 11 is 0. The lowest BCUT2D eigenvalue weighted by Crippen LogP contribution is -2.15. The highest BCUT2D eigenvalue weighted by molar-refractivity contribution is 5.02. The molecule has 0 unspecified atom stereocenters. The van der Waals surface area contributed by atoms with E-state index in [1.54, 1.807) is 0 Å². The third-order valence-corrected chi connectivity index (χ3v) is 3.14. The molecule has 0 aromatic carbocycles. The second-order valence-electron chi connectivity index (χ2n) is 5.49. The van der Waals surface area contributed by atoms with Crippen LogP contribution in [0.3, 0.4) is 0 Å². The molecular formula is C17H33N. The van der Waals surface area contributed by atoms with Crippen LogP contribution in [0.1, 0.15) is 72.6 Å². The van der Waals surface area contributed by atoms with Gasteiger partial charge in [0.05, 0.1) is 0 Å². The summed E-state index contributed by atoms with van der Waals surface area (Å²) in [6.07, 6.45) is 13.9. The number of allylic oxidation sites excluding steroid dienone is 3. The zero-order valence-corrected chi connectivity index (χ0v) is 13.0. The van der Waals surface area contributed by atoms with E-state index in [1.807, 2.05) is 0 Å². The fourth-order valence-corrected chi connectivity index (χ4v) is 1.89. The first kappa shape index (κ1) is 17.4. The van der Waals surface area contributed by atoms with Gasteiger partial charge in [-0.1, -0.05) is 55.9 Å². The van der Waals surface area contributed by atoms with E-state index in [0.717, 1.165) is 6.54 Å². The van der Waals surface area contributed by atoms with Crippen LogP contribution in [0.4, 0.5) is 0 Å². The summed E-state index contributed by atoms with van der Waals surface area (Å²) < 4.78 is 0. The molecule has 0 rings (SSSR count). The Morgan fingerprint density at radius 2 is 1.67 bits per heavy atom. The molecule has 106 valence electrons. The van der Waals surface area contributed by atoms with Gasteiger partial charge in [0.15, 0.2) is 0 Å². The summed E-state index contributed by atoms with van der Waals surface area (Å²) in [5.41, 5.74) is 2.93. The van der Waals surface area contributed by atoms with Crippen LogP contribution in [-0.2, 0) is 0 Å². The molecule has 1 heteroatoms. The molecule has 1 N–H and O–H groups in total. The van der Waals surface area contributed by atoms with E-state index in [-0.39, 0.29) is 0 Å². The highest BCUT2D eigenvalue weighted by Gasteiger charge is 1.90. The Balaban J connectivity index is 3.37. The van der Waals surface area contributed by atoms with Crippen LogP contribution in [0.2, 0.25) is 0 Å². The minimum absolute atomic E-state index is 1.04. The number of rotatable bonds is 11. The van der Waals surface area contributed by atoms with Crippen molar-refractivity contribution in [3.05, 3.63) is 23.3 Å². The lowest BCUT2D eigenvalue weighted by atomic mass is 10.1. The Hall–Kier alpha value is -0.560. The molecule has 0 aromatic heterocycles. The molecule has 0 saturated carbocycles. The second-order valence-corrected chi connectivity index (χ2v) is 5.49. The van der Waals surface area contributed by atoms with E-state index in [1.165, 1.54) is 62.6 Å². The SMILES string of the molecule is CCCCCCCNC/C=C(\C)CCC=C(C)C. The molecule has 0 spiro atoms. The van der Waals surface area contributed by atoms with Gasteiger partial charge in [0, 0.05) is 6.54 Å².